The normalized spacial score (nSPS) is 22.0. The van der Waals surface area contributed by atoms with Gasteiger partial charge in [0.05, 0.1) is 19.6 Å². The van der Waals surface area contributed by atoms with Crippen molar-refractivity contribution in [2.45, 2.75) is 32.2 Å². The first-order valence-corrected chi connectivity index (χ1v) is 11.2. The lowest BCUT2D eigenvalue weighted by Crippen LogP contribution is -2.50. The number of carbonyl (C=O) groups excluding carboxylic acids is 2. The van der Waals surface area contributed by atoms with Gasteiger partial charge in [0.2, 0.25) is 11.8 Å². The van der Waals surface area contributed by atoms with Gasteiger partial charge in [-0.1, -0.05) is 12.1 Å². The van der Waals surface area contributed by atoms with E-state index < -0.39 is 5.41 Å². The van der Waals surface area contributed by atoms with Crippen LogP contribution in [0.15, 0.2) is 18.2 Å². The van der Waals surface area contributed by atoms with E-state index in [1.807, 2.05) is 34.3 Å². The van der Waals surface area contributed by atoms with Crippen molar-refractivity contribution in [1.82, 2.24) is 9.80 Å². The molecule has 1 atom stereocenters. The van der Waals surface area contributed by atoms with Crippen molar-refractivity contribution in [3.8, 4) is 11.5 Å². The second kappa shape index (κ2) is 9.07. The molecule has 1 aromatic rings. The van der Waals surface area contributed by atoms with Crippen molar-refractivity contribution in [2.24, 2.45) is 5.41 Å². The van der Waals surface area contributed by atoms with E-state index in [4.69, 9.17) is 9.47 Å². The van der Waals surface area contributed by atoms with E-state index in [0.717, 1.165) is 37.1 Å². The van der Waals surface area contributed by atoms with Crippen LogP contribution < -0.4 is 9.47 Å². The van der Waals surface area contributed by atoms with Crippen molar-refractivity contribution in [3.05, 3.63) is 23.8 Å². The molecule has 2 amide bonds. The first kappa shape index (κ1) is 20.8. The molecular formula is C21H30N2O4S. The number of ether oxygens (including phenoxy) is 2. The third kappa shape index (κ3) is 4.09. The van der Waals surface area contributed by atoms with E-state index in [2.05, 4.69) is 0 Å². The number of methoxy groups -OCH3 is 2. The minimum Gasteiger partial charge on any atom is -0.493 e. The van der Waals surface area contributed by atoms with Crippen LogP contribution in [-0.2, 0) is 16.1 Å². The Morgan fingerprint density at radius 2 is 2.04 bits per heavy atom. The van der Waals surface area contributed by atoms with Gasteiger partial charge in [-0.15, -0.1) is 0 Å². The molecule has 2 fully saturated rings. The standard InChI is InChI=1S/C21H30N2O4S/c1-26-17-7-4-6-16(19(17)27-2)14-22-11-5-9-21(20(22)25)10-12-23(15-21)18(24)8-13-28-3/h4,6-7H,5,8-15H2,1-3H3/t21-/m0/s1. The van der Waals surface area contributed by atoms with Gasteiger partial charge in [-0.05, 0) is 31.6 Å². The summed E-state index contributed by atoms with van der Waals surface area (Å²) < 4.78 is 10.9. The Labute approximate surface area is 171 Å². The third-order valence-corrected chi connectivity index (χ3v) is 6.51. The zero-order valence-electron chi connectivity index (χ0n) is 17.0. The number of likely N-dealkylation sites (tertiary alicyclic amines) is 2. The van der Waals surface area contributed by atoms with Crippen LogP contribution in [0, 0.1) is 5.41 Å². The van der Waals surface area contributed by atoms with E-state index in [1.165, 1.54) is 0 Å². The minimum atomic E-state index is -0.417. The number of para-hydroxylation sites is 1. The largest absolute Gasteiger partial charge is 0.493 e. The summed E-state index contributed by atoms with van der Waals surface area (Å²) in [6.45, 7) is 2.49. The number of benzene rings is 1. The molecular weight excluding hydrogens is 376 g/mol. The molecule has 0 bridgehead atoms. The van der Waals surface area contributed by atoms with Crippen LogP contribution in [0.2, 0.25) is 0 Å². The van der Waals surface area contributed by atoms with Crippen molar-refractivity contribution >= 4 is 23.6 Å². The number of amides is 2. The fourth-order valence-corrected chi connectivity index (χ4v) is 4.78. The molecule has 3 rings (SSSR count). The lowest BCUT2D eigenvalue weighted by Gasteiger charge is -2.39. The summed E-state index contributed by atoms with van der Waals surface area (Å²) in [4.78, 5) is 29.6. The van der Waals surface area contributed by atoms with Crippen molar-refractivity contribution in [1.29, 1.82) is 0 Å². The van der Waals surface area contributed by atoms with Crippen molar-refractivity contribution < 1.29 is 19.1 Å². The van der Waals surface area contributed by atoms with Crippen LogP contribution in [0.4, 0.5) is 0 Å². The molecule has 7 heteroatoms. The van der Waals surface area contributed by atoms with Crippen molar-refractivity contribution in [3.63, 3.8) is 0 Å². The number of thioether (sulfide) groups is 1. The molecule has 6 nitrogen and oxygen atoms in total. The molecule has 28 heavy (non-hydrogen) atoms. The molecule has 0 N–H and O–H groups in total. The van der Waals surface area contributed by atoms with Gasteiger partial charge in [0.1, 0.15) is 0 Å². The Bertz CT molecular complexity index is 726. The van der Waals surface area contributed by atoms with Crippen LogP contribution in [0.1, 0.15) is 31.2 Å². The predicted octanol–water partition coefficient (Wildman–Crippen LogP) is 2.80. The first-order valence-electron chi connectivity index (χ1n) is 9.80. The van der Waals surface area contributed by atoms with Gasteiger partial charge in [0.15, 0.2) is 11.5 Å². The smallest absolute Gasteiger partial charge is 0.230 e. The Hall–Kier alpha value is -1.89. The van der Waals surface area contributed by atoms with Crippen molar-refractivity contribution in [2.75, 3.05) is 45.9 Å². The lowest BCUT2D eigenvalue weighted by atomic mass is 9.78. The van der Waals surface area contributed by atoms with Gasteiger partial charge in [-0.3, -0.25) is 9.59 Å². The molecule has 1 aromatic carbocycles. The number of hydrogen-bond acceptors (Lipinski definition) is 5. The molecule has 1 spiro atoms. The Kier molecular flexibility index (Phi) is 6.75. The Balaban J connectivity index is 1.73. The molecule has 0 aromatic heterocycles. The maximum absolute atomic E-state index is 13.4. The average Bonchev–Trinajstić information content (AvgIpc) is 3.14. The van der Waals surface area contributed by atoms with Gasteiger partial charge in [-0.2, -0.15) is 11.8 Å². The maximum atomic E-state index is 13.4. The van der Waals surface area contributed by atoms with Gasteiger partial charge >= 0.3 is 0 Å². The highest BCUT2D eigenvalue weighted by Crippen LogP contribution is 2.41. The quantitative estimate of drug-likeness (QED) is 0.697. The monoisotopic (exact) mass is 406 g/mol. The third-order valence-electron chi connectivity index (χ3n) is 5.90. The number of carbonyl (C=O) groups is 2. The summed E-state index contributed by atoms with van der Waals surface area (Å²) in [5.41, 5.74) is 0.525. The summed E-state index contributed by atoms with van der Waals surface area (Å²) in [5, 5.41) is 0. The molecule has 2 heterocycles. The SMILES string of the molecule is COc1cccc(CN2CCC[C@@]3(CCN(C(=O)CCSC)C3)C2=O)c1OC. The average molecular weight is 407 g/mol. The van der Waals surface area contributed by atoms with E-state index in [9.17, 15) is 9.59 Å². The van der Waals surface area contributed by atoms with E-state index in [-0.39, 0.29) is 11.8 Å². The predicted molar refractivity (Wildman–Crippen MR) is 111 cm³/mol. The fraction of sp³-hybridized carbons (Fsp3) is 0.619. The highest BCUT2D eigenvalue weighted by Gasteiger charge is 2.49. The number of rotatable bonds is 7. The van der Waals surface area contributed by atoms with Crippen LogP contribution in [0.5, 0.6) is 11.5 Å². The van der Waals surface area contributed by atoms with Crippen LogP contribution >= 0.6 is 11.8 Å². The molecule has 0 saturated carbocycles. The zero-order valence-corrected chi connectivity index (χ0v) is 17.8. The minimum absolute atomic E-state index is 0.170. The van der Waals surface area contributed by atoms with Gasteiger partial charge in [0, 0.05) is 43.9 Å². The topological polar surface area (TPSA) is 59.1 Å². The fourth-order valence-electron chi connectivity index (χ4n) is 4.40. The van der Waals surface area contributed by atoms with Crippen LogP contribution in [0.25, 0.3) is 0 Å². The lowest BCUT2D eigenvalue weighted by molar-refractivity contribution is -0.146. The number of nitrogens with zero attached hydrogens (tertiary/aromatic N) is 2. The van der Waals surface area contributed by atoms with Gasteiger partial charge < -0.3 is 19.3 Å². The second-order valence-corrected chi connectivity index (χ2v) is 8.56. The van der Waals surface area contributed by atoms with Gasteiger partial charge in [0.25, 0.3) is 0 Å². The molecule has 154 valence electrons. The summed E-state index contributed by atoms with van der Waals surface area (Å²) in [5.74, 6) is 2.52. The number of piperidine rings is 1. The summed E-state index contributed by atoms with van der Waals surface area (Å²) in [6, 6.07) is 5.75. The first-order chi connectivity index (χ1) is 13.5. The molecule has 0 aliphatic carbocycles. The van der Waals surface area contributed by atoms with Crippen LogP contribution in [0.3, 0.4) is 0 Å². The van der Waals surface area contributed by atoms with Gasteiger partial charge in [-0.25, -0.2) is 0 Å². The molecule has 2 aliphatic heterocycles. The molecule has 2 saturated heterocycles. The maximum Gasteiger partial charge on any atom is 0.230 e. The Morgan fingerprint density at radius 3 is 2.75 bits per heavy atom. The summed E-state index contributed by atoms with van der Waals surface area (Å²) >= 11 is 1.68. The van der Waals surface area contributed by atoms with E-state index in [1.54, 1.807) is 26.0 Å². The zero-order chi connectivity index (χ0) is 20.1. The highest BCUT2D eigenvalue weighted by atomic mass is 32.2. The highest BCUT2D eigenvalue weighted by molar-refractivity contribution is 7.98. The summed E-state index contributed by atoms with van der Waals surface area (Å²) in [6.07, 6.45) is 5.15. The molecule has 0 radical (unpaired) electrons. The van der Waals surface area contributed by atoms with E-state index >= 15 is 0 Å². The number of hydrogen-bond donors (Lipinski definition) is 0. The van der Waals surface area contributed by atoms with Crippen LogP contribution in [-0.4, -0.2) is 67.5 Å². The molecule has 0 unspecified atom stereocenters. The van der Waals surface area contributed by atoms with E-state index in [0.29, 0.717) is 37.6 Å². The Morgan fingerprint density at radius 1 is 1.21 bits per heavy atom. The summed E-state index contributed by atoms with van der Waals surface area (Å²) in [7, 11) is 3.24. The molecule has 2 aliphatic rings. The second-order valence-electron chi connectivity index (χ2n) is 7.57.